The summed E-state index contributed by atoms with van der Waals surface area (Å²) in [6.45, 7) is 3.83. The number of ether oxygens (including phenoxy) is 3. The second-order valence-corrected chi connectivity index (χ2v) is 6.03. The van der Waals surface area contributed by atoms with E-state index in [0.29, 0.717) is 32.0 Å². The predicted octanol–water partition coefficient (Wildman–Crippen LogP) is 1.13. The first-order chi connectivity index (χ1) is 9.62. The zero-order valence-electron chi connectivity index (χ0n) is 11.4. The Kier molecular flexibility index (Phi) is 5.36. The van der Waals surface area contributed by atoms with Crippen molar-refractivity contribution in [3.63, 3.8) is 0 Å². The van der Waals surface area contributed by atoms with Crippen molar-refractivity contribution in [2.45, 2.75) is 24.5 Å². The van der Waals surface area contributed by atoms with Crippen LogP contribution in [0.25, 0.3) is 0 Å². The molecule has 0 bridgehead atoms. The lowest BCUT2D eigenvalue weighted by molar-refractivity contribution is -0.0451. The second kappa shape index (κ2) is 7.03. The van der Waals surface area contributed by atoms with Gasteiger partial charge in [0.25, 0.3) is 0 Å². The molecule has 1 heterocycles. The molecule has 1 N–H and O–H groups in total. The summed E-state index contributed by atoms with van der Waals surface area (Å²) in [5.74, 6) is 0.652. The summed E-state index contributed by atoms with van der Waals surface area (Å²) in [7, 11) is -3.50. The molecule has 0 atom stereocenters. The number of sulfonamides is 1. The van der Waals surface area contributed by atoms with E-state index in [4.69, 9.17) is 14.2 Å². The average molecular weight is 301 g/mol. The third kappa shape index (κ3) is 4.17. The van der Waals surface area contributed by atoms with Gasteiger partial charge in [-0.1, -0.05) is 0 Å². The minimum absolute atomic E-state index is 0.217. The Labute approximate surface area is 119 Å². The van der Waals surface area contributed by atoms with E-state index in [1.807, 2.05) is 6.92 Å². The van der Waals surface area contributed by atoms with Crippen LogP contribution in [0.4, 0.5) is 0 Å². The van der Waals surface area contributed by atoms with Gasteiger partial charge in [-0.3, -0.25) is 0 Å². The second-order valence-electron chi connectivity index (χ2n) is 4.26. The number of nitrogens with one attached hydrogen (secondary N) is 1. The summed E-state index contributed by atoms with van der Waals surface area (Å²) >= 11 is 0. The van der Waals surface area contributed by atoms with Crippen LogP contribution in [-0.2, 0) is 19.5 Å². The van der Waals surface area contributed by atoms with Crippen LogP contribution >= 0.6 is 0 Å². The highest BCUT2D eigenvalue weighted by Crippen LogP contribution is 2.16. The van der Waals surface area contributed by atoms with Crippen molar-refractivity contribution in [1.29, 1.82) is 0 Å². The summed E-state index contributed by atoms with van der Waals surface area (Å²) in [4.78, 5) is 0.217. The van der Waals surface area contributed by atoms with Crippen molar-refractivity contribution in [3.05, 3.63) is 24.3 Å². The molecular weight excluding hydrogens is 282 g/mol. The normalized spacial score (nSPS) is 16.4. The third-order valence-electron chi connectivity index (χ3n) is 2.81. The smallest absolute Gasteiger partial charge is 0.240 e. The zero-order valence-corrected chi connectivity index (χ0v) is 12.2. The number of benzene rings is 1. The molecule has 1 fully saturated rings. The van der Waals surface area contributed by atoms with Crippen molar-refractivity contribution in [3.8, 4) is 5.75 Å². The topological polar surface area (TPSA) is 73.9 Å². The molecule has 0 unspecified atom stereocenters. The minimum atomic E-state index is -3.50. The average Bonchev–Trinajstić information content (AvgIpc) is 2.93. The fourth-order valence-corrected chi connectivity index (χ4v) is 2.90. The van der Waals surface area contributed by atoms with Crippen molar-refractivity contribution in [2.75, 3.05) is 26.4 Å². The van der Waals surface area contributed by atoms with Gasteiger partial charge in [0, 0.05) is 13.0 Å². The first-order valence-corrected chi connectivity index (χ1v) is 8.06. The molecule has 0 aliphatic carbocycles. The maximum atomic E-state index is 12.0. The Balaban J connectivity index is 1.88. The van der Waals surface area contributed by atoms with Crippen LogP contribution in [0.5, 0.6) is 5.75 Å². The fraction of sp³-hybridized carbons (Fsp3) is 0.538. The lowest BCUT2D eigenvalue weighted by atomic mass is 10.3. The maximum absolute atomic E-state index is 12.0. The Morgan fingerprint density at radius 1 is 1.25 bits per heavy atom. The molecule has 1 aliphatic heterocycles. The van der Waals surface area contributed by atoms with Crippen LogP contribution < -0.4 is 9.46 Å². The Hall–Kier alpha value is -1.15. The summed E-state index contributed by atoms with van der Waals surface area (Å²) < 4.78 is 42.4. The molecule has 1 aromatic carbocycles. The standard InChI is InChI=1S/C13H19NO5S/c1-2-17-11-3-5-12(6-4-11)20(15,16)14-8-7-13-18-9-10-19-13/h3-6,13-14H,2,7-10H2,1H3. The molecule has 0 radical (unpaired) electrons. The third-order valence-corrected chi connectivity index (χ3v) is 4.28. The minimum Gasteiger partial charge on any atom is -0.494 e. The van der Waals surface area contributed by atoms with Gasteiger partial charge in [0.2, 0.25) is 10.0 Å². The zero-order chi connectivity index (χ0) is 14.4. The van der Waals surface area contributed by atoms with E-state index in [2.05, 4.69) is 4.72 Å². The predicted molar refractivity (Wildman–Crippen MR) is 73.1 cm³/mol. The summed E-state index contributed by atoms with van der Waals surface area (Å²) in [5, 5.41) is 0. The quantitative estimate of drug-likeness (QED) is 0.817. The van der Waals surface area contributed by atoms with E-state index in [9.17, 15) is 8.42 Å². The summed E-state index contributed by atoms with van der Waals surface area (Å²) in [5.41, 5.74) is 0. The van der Waals surface area contributed by atoms with Crippen molar-refractivity contribution in [2.24, 2.45) is 0 Å². The molecule has 1 aliphatic rings. The highest BCUT2D eigenvalue weighted by molar-refractivity contribution is 7.89. The molecule has 0 aromatic heterocycles. The summed E-state index contributed by atoms with van der Waals surface area (Å²) in [6, 6.07) is 6.33. The molecule has 0 saturated carbocycles. The van der Waals surface area contributed by atoms with E-state index in [1.165, 1.54) is 12.1 Å². The highest BCUT2D eigenvalue weighted by atomic mass is 32.2. The van der Waals surface area contributed by atoms with Gasteiger partial charge in [-0.05, 0) is 31.2 Å². The van der Waals surface area contributed by atoms with E-state index in [0.717, 1.165) is 0 Å². The van der Waals surface area contributed by atoms with E-state index in [1.54, 1.807) is 12.1 Å². The molecule has 6 nitrogen and oxygen atoms in total. The number of hydrogen-bond acceptors (Lipinski definition) is 5. The maximum Gasteiger partial charge on any atom is 0.240 e. The Morgan fingerprint density at radius 3 is 2.50 bits per heavy atom. The van der Waals surface area contributed by atoms with Crippen LogP contribution in [0.15, 0.2) is 29.2 Å². The van der Waals surface area contributed by atoms with Crippen LogP contribution in [0.2, 0.25) is 0 Å². The van der Waals surface area contributed by atoms with Crippen molar-refractivity contribution >= 4 is 10.0 Å². The van der Waals surface area contributed by atoms with Gasteiger partial charge in [-0.25, -0.2) is 13.1 Å². The van der Waals surface area contributed by atoms with Gasteiger partial charge >= 0.3 is 0 Å². The Morgan fingerprint density at radius 2 is 1.90 bits per heavy atom. The van der Waals surface area contributed by atoms with Gasteiger partial charge in [0.1, 0.15) is 5.75 Å². The first kappa shape index (κ1) is 15.2. The van der Waals surface area contributed by atoms with Crippen molar-refractivity contribution < 1.29 is 22.6 Å². The molecule has 7 heteroatoms. The van der Waals surface area contributed by atoms with Gasteiger partial charge < -0.3 is 14.2 Å². The molecule has 0 amide bonds. The van der Waals surface area contributed by atoms with Crippen LogP contribution in [0.1, 0.15) is 13.3 Å². The molecule has 112 valence electrons. The molecular formula is C13H19NO5S. The molecule has 2 rings (SSSR count). The molecule has 0 spiro atoms. The molecule has 20 heavy (non-hydrogen) atoms. The van der Waals surface area contributed by atoms with Crippen LogP contribution in [-0.4, -0.2) is 41.1 Å². The van der Waals surface area contributed by atoms with Gasteiger partial charge in [0.05, 0.1) is 24.7 Å². The van der Waals surface area contributed by atoms with Crippen LogP contribution in [0, 0.1) is 0 Å². The van der Waals surface area contributed by atoms with Gasteiger partial charge in [0.15, 0.2) is 6.29 Å². The van der Waals surface area contributed by atoms with Gasteiger partial charge in [-0.15, -0.1) is 0 Å². The largest absolute Gasteiger partial charge is 0.494 e. The SMILES string of the molecule is CCOc1ccc(S(=O)(=O)NCCC2OCCO2)cc1. The van der Waals surface area contributed by atoms with E-state index >= 15 is 0 Å². The highest BCUT2D eigenvalue weighted by Gasteiger charge is 2.18. The molecule has 1 saturated heterocycles. The first-order valence-electron chi connectivity index (χ1n) is 6.57. The summed E-state index contributed by atoms with van der Waals surface area (Å²) in [6.07, 6.45) is 0.189. The monoisotopic (exact) mass is 301 g/mol. The number of rotatable bonds is 7. The lowest BCUT2D eigenvalue weighted by Gasteiger charge is -2.10. The Bertz CT molecular complexity index is 508. The van der Waals surface area contributed by atoms with Crippen LogP contribution in [0.3, 0.4) is 0 Å². The van der Waals surface area contributed by atoms with Crippen molar-refractivity contribution in [1.82, 2.24) is 4.72 Å². The van der Waals surface area contributed by atoms with E-state index < -0.39 is 10.0 Å². The van der Waals surface area contributed by atoms with Gasteiger partial charge in [-0.2, -0.15) is 0 Å². The fourth-order valence-electron chi connectivity index (χ4n) is 1.85. The van der Waals surface area contributed by atoms with E-state index in [-0.39, 0.29) is 17.7 Å². The molecule has 1 aromatic rings. The number of hydrogen-bond donors (Lipinski definition) is 1. The lowest BCUT2D eigenvalue weighted by Crippen LogP contribution is -2.27.